The molecule has 0 fully saturated rings. The van der Waals surface area contributed by atoms with Crippen molar-refractivity contribution in [2.75, 3.05) is 0 Å². The molecule has 0 bridgehead atoms. The van der Waals surface area contributed by atoms with Crippen LogP contribution in [0, 0.1) is 5.92 Å². The summed E-state index contributed by atoms with van der Waals surface area (Å²) in [6, 6.07) is 15.3. The Bertz CT molecular complexity index is 463. The van der Waals surface area contributed by atoms with Gasteiger partial charge in [0.15, 0.2) is 0 Å². The van der Waals surface area contributed by atoms with Gasteiger partial charge in [-0.3, -0.25) is 0 Å². The van der Waals surface area contributed by atoms with Gasteiger partial charge in [-0.2, -0.15) is 0 Å². The van der Waals surface area contributed by atoms with Gasteiger partial charge in [-0.05, 0) is 34.6 Å². The molecule has 2 rings (SSSR count). The fourth-order valence-electron chi connectivity index (χ4n) is 2.51. The Morgan fingerprint density at radius 1 is 0.875 bits per heavy atom. The maximum absolute atomic E-state index is 2.34. The van der Waals surface area contributed by atoms with Crippen LogP contribution in [0.5, 0.6) is 0 Å². The third kappa shape index (κ3) is 2.27. The number of benzene rings is 2. The molecule has 0 heterocycles. The lowest BCUT2D eigenvalue weighted by Gasteiger charge is -2.16. The molecule has 0 radical (unpaired) electrons. The Kier molecular flexibility index (Phi) is 3.28. The molecule has 0 aliphatic carbocycles. The van der Waals surface area contributed by atoms with Crippen LogP contribution in [-0.2, 0) is 0 Å². The maximum atomic E-state index is 2.34. The second-order valence-electron chi connectivity index (χ2n) is 5.10. The molecule has 0 unspecified atom stereocenters. The Morgan fingerprint density at radius 3 is 2.31 bits per heavy atom. The normalized spacial score (nSPS) is 13.2. The fraction of sp³-hybridized carbons (Fsp3) is 0.375. The monoisotopic (exact) mass is 212 g/mol. The minimum Gasteiger partial charge on any atom is -0.0628 e. The Hall–Kier alpha value is -1.30. The van der Waals surface area contributed by atoms with Crippen LogP contribution in [0.1, 0.15) is 38.7 Å². The Labute approximate surface area is 98.3 Å². The van der Waals surface area contributed by atoms with Crippen molar-refractivity contribution in [3.63, 3.8) is 0 Å². The highest BCUT2D eigenvalue weighted by atomic mass is 14.1. The van der Waals surface area contributed by atoms with Gasteiger partial charge in [-0.25, -0.2) is 0 Å². The van der Waals surface area contributed by atoms with Gasteiger partial charge in [0.25, 0.3) is 0 Å². The molecule has 0 saturated heterocycles. The quantitative estimate of drug-likeness (QED) is 0.672. The predicted octanol–water partition coefficient (Wildman–Crippen LogP) is 4.99. The Morgan fingerprint density at radius 2 is 1.56 bits per heavy atom. The van der Waals surface area contributed by atoms with Crippen LogP contribution in [0.3, 0.4) is 0 Å². The molecule has 0 spiro atoms. The van der Waals surface area contributed by atoms with Crippen LogP contribution < -0.4 is 0 Å². The van der Waals surface area contributed by atoms with Crippen LogP contribution in [-0.4, -0.2) is 0 Å². The summed E-state index contributed by atoms with van der Waals surface area (Å²) in [6.07, 6.45) is 1.26. The van der Waals surface area contributed by atoms with E-state index in [0.717, 1.165) is 5.92 Å². The first kappa shape index (κ1) is 11.2. The summed E-state index contributed by atoms with van der Waals surface area (Å²) in [7, 11) is 0. The van der Waals surface area contributed by atoms with E-state index in [1.54, 1.807) is 0 Å². The van der Waals surface area contributed by atoms with E-state index in [1.807, 2.05) is 0 Å². The van der Waals surface area contributed by atoms with E-state index in [9.17, 15) is 0 Å². The highest BCUT2D eigenvalue weighted by Gasteiger charge is 2.10. The predicted molar refractivity (Wildman–Crippen MR) is 71.8 cm³/mol. The first-order valence-electron chi connectivity index (χ1n) is 6.16. The molecule has 0 N–H and O–H groups in total. The van der Waals surface area contributed by atoms with E-state index in [1.165, 1.54) is 22.8 Å². The number of hydrogen-bond acceptors (Lipinski definition) is 0. The van der Waals surface area contributed by atoms with E-state index in [0.29, 0.717) is 5.92 Å². The zero-order valence-corrected chi connectivity index (χ0v) is 10.4. The molecule has 0 nitrogen and oxygen atoms in total. The molecule has 0 aliphatic rings. The highest BCUT2D eigenvalue weighted by molar-refractivity contribution is 5.86. The zero-order chi connectivity index (χ0) is 11.5. The van der Waals surface area contributed by atoms with Gasteiger partial charge >= 0.3 is 0 Å². The fourth-order valence-corrected chi connectivity index (χ4v) is 2.51. The summed E-state index contributed by atoms with van der Waals surface area (Å²) in [4.78, 5) is 0. The maximum Gasteiger partial charge on any atom is -0.0149 e. The van der Waals surface area contributed by atoms with Crippen molar-refractivity contribution in [1.82, 2.24) is 0 Å². The smallest absolute Gasteiger partial charge is 0.0149 e. The lowest BCUT2D eigenvalue weighted by Crippen LogP contribution is -1.99. The summed E-state index contributed by atoms with van der Waals surface area (Å²) < 4.78 is 0. The lowest BCUT2D eigenvalue weighted by atomic mass is 9.89. The Balaban J connectivity index is 2.44. The zero-order valence-electron chi connectivity index (χ0n) is 10.4. The van der Waals surface area contributed by atoms with Crippen LogP contribution in [0.25, 0.3) is 10.8 Å². The molecule has 0 aliphatic heterocycles. The van der Waals surface area contributed by atoms with Gasteiger partial charge in [0.1, 0.15) is 0 Å². The summed E-state index contributed by atoms with van der Waals surface area (Å²) in [6.45, 7) is 6.92. The van der Waals surface area contributed by atoms with E-state index in [2.05, 4.69) is 63.2 Å². The molecule has 84 valence electrons. The van der Waals surface area contributed by atoms with Crippen LogP contribution in [0.15, 0.2) is 42.5 Å². The molecule has 16 heavy (non-hydrogen) atoms. The van der Waals surface area contributed by atoms with Crippen molar-refractivity contribution in [2.24, 2.45) is 5.92 Å². The first-order chi connectivity index (χ1) is 7.68. The van der Waals surface area contributed by atoms with Gasteiger partial charge in [0.2, 0.25) is 0 Å². The number of hydrogen-bond donors (Lipinski definition) is 0. The van der Waals surface area contributed by atoms with Crippen LogP contribution in [0.2, 0.25) is 0 Å². The summed E-state index contributed by atoms with van der Waals surface area (Å²) in [5.74, 6) is 1.40. The summed E-state index contributed by atoms with van der Waals surface area (Å²) >= 11 is 0. The second kappa shape index (κ2) is 4.69. The second-order valence-corrected chi connectivity index (χ2v) is 5.10. The van der Waals surface area contributed by atoms with Crippen molar-refractivity contribution in [2.45, 2.75) is 33.1 Å². The summed E-state index contributed by atoms with van der Waals surface area (Å²) in [5.41, 5.74) is 1.49. The number of rotatable bonds is 3. The molecule has 2 aromatic carbocycles. The molecule has 0 aromatic heterocycles. The molecule has 0 saturated carbocycles. The largest absolute Gasteiger partial charge is 0.0628 e. The molecule has 0 amide bonds. The third-order valence-corrected chi connectivity index (χ3v) is 3.18. The van der Waals surface area contributed by atoms with Gasteiger partial charge in [0, 0.05) is 0 Å². The van der Waals surface area contributed by atoms with Gasteiger partial charge in [-0.15, -0.1) is 0 Å². The average molecular weight is 212 g/mol. The van der Waals surface area contributed by atoms with Gasteiger partial charge in [-0.1, -0.05) is 63.2 Å². The van der Waals surface area contributed by atoms with Crippen molar-refractivity contribution < 1.29 is 0 Å². The highest BCUT2D eigenvalue weighted by Crippen LogP contribution is 2.29. The minimum absolute atomic E-state index is 0.645. The average Bonchev–Trinajstić information content (AvgIpc) is 2.27. The minimum atomic E-state index is 0.645. The summed E-state index contributed by atoms with van der Waals surface area (Å²) in [5, 5.41) is 2.77. The van der Waals surface area contributed by atoms with E-state index >= 15 is 0 Å². The number of fused-ring (bicyclic) bond motifs is 1. The van der Waals surface area contributed by atoms with Crippen molar-refractivity contribution in [3.05, 3.63) is 48.0 Å². The molecular formula is C16H20. The van der Waals surface area contributed by atoms with Gasteiger partial charge in [0.05, 0.1) is 0 Å². The molecule has 1 atom stereocenters. The molecule has 2 aromatic rings. The first-order valence-corrected chi connectivity index (χ1v) is 6.16. The SMILES string of the molecule is CC(C)C[C@@H](C)c1cccc2ccccc12. The standard InChI is InChI=1S/C16H20/c1-12(2)11-13(3)15-10-6-8-14-7-4-5-9-16(14)15/h4-10,12-13H,11H2,1-3H3/t13-/m1/s1. The topological polar surface area (TPSA) is 0 Å². The van der Waals surface area contributed by atoms with Crippen LogP contribution >= 0.6 is 0 Å². The van der Waals surface area contributed by atoms with E-state index < -0.39 is 0 Å². The van der Waals surface area contributed by atoms with Gasteiger partial charge < -0.3 is 0 Å². The third-order valence-electron chi connectivity index (χ3n) is 3.18. The molecule has 0 heteroatoms. The van der Waals surface area contributed by atoms with Crippen LogP contribution in [0.4, 0.5) is 0 Å². The lowest BCUT2D eigenvalue weighted by molar-refractivity contribution is 0.525. The van der Waals surface area contributed by atoms with E-state index in [-0.39, 0.29) is 0 Å². The molecular weight excluding hydrogens is 192 g/mol. The van der Waals surface area contributed by atoms with Crippen molar-refractivity contribution >= 4 is 10.8 Å². The van der Waals surface area contributed by atoms with E-state index in [4.69, 9.17) is 0 Å². The van der Waals surface area contributed by atoms with Crippen molar-refractivity contribution in [3.8, 4) is 0 Å². The van der Waals surface area contributed by atoms with Crippen molar-refractivity contribution in [1.29, 1.82) is 0 Å².